The van der Waals surface area contributed by atoms with E-state index >= 15 is 0 Å². The summed E-state index contributed by atoms with van der Waals surface area (Å²) in [5.41, 5.74) is 1.74. The Morgan fingerprint density at radius 1 is 1.21 bits per heavy atom. The first-order chi connectivity index (χ1) is 11.4. The molecule has 4 rings (SSSR count). The van der Waals surface area contributed by atoms with Crippen LogP contribution in [-0.4, -0.2) is 21.3 Å². The van der Waals surface area contributed by atoms with E-state index in [1.165, 1.54) is 0 Å². The minimum absolute atomic E-state index is 0.140. The fraction of sp³-hybridized carbons (Fsp3) is 0.389. The van der Waals surface area contributed by atoms with E-state index < -0.39 is 0 Å². The van der Waals surface area contributed by atoms with Crippen molar-refractivity contribution in [3.05, 3.63) is 45.0 Å². The summed E-state index contributed by atoms with van der Waals surface area (Å²) in [6.45, 7) is 4.08. The summed E-state index contributed by atoms with van der Waals surface area (Å²) in [5, 5.41) is 4.47. The van der Waals surface area contributed by atoms with Gasteiger partial charge in [-0.1, -0.05) is 19.9 Å². The number of carbonyl (C=O) groups excluding carboxylic acids is 1. The predicted molar refractivity (Wildman–Crippen MR) is 101 cm³/mol. The largest absolute Gasteiger partial charge is 0.298 e. The van der Waals surface area contributed by atoms with Crippen molar-refractivity contribution in [3.63, 3.8) is 0 Å². The van der Waals surface area contributed by atoms with E-state index in [1.807, 2.05) is 30.7 Å². The van der Waals surface area contributed by atoms with Gasteiger partial charge in [-0.2, -0.15) is 5.10 Å². The first kappa shape index (κ1) is 16.2. The van der Waals surface area contributed by atoms with Crippen LogP contribution in [0.1, 0.15) is 38.3 Å². The molecule has 0 bridgehead atoms. The van der Waals surface area contributed by atoms with Crippen LogP contribution >= 0.6 is 31.9 Å². The number of benzene rings is 1. The van der Waals surface area contributed by atoms with Crippen molar-refractivity contribution >= 4 is 49.2 Å². The van der Waals surface area contributed by atoms with Gasteiger partial charge in [-0.15, -0.1) is 0 Å². The van der Waals surface area contributed by atoms with Crippen LogP contribution < -0.4 is 0 Å². The van der Waals surface area contributed by atoms with E-state index in [2.05, 4.69) is 49.1 Å². The fourth-order valence-corrected chi connectivity index (χ4v) is 4.31. The number of rotatable bonds is 1. The van der Waals surface area contributed by atoms with E-state index in [9.17, 15) is 4.79 Å². The van der Waals surface area contributed by atoms with Gasteiger partial charge in [0, 0.05) is 26.1 Å². The number of aromatic nitrogens is 2. The van der Waals surface area contributed by atoms with Gasteiger partial charge in [-0.3, -0.25) is 4.79 Å². The van der Waals surface area contributed by atoms with Crippen LogP contribution in [0.4, 0.5) is 5.82 Å². The molecule has 2 aromatic rings. The lowest BCUT2D eigenvalue weighted by molar-refractivity contribution is -0.131. The molecule has 4 nitrogen and oxygen atoms in total. The van der Waals surface area contributed by atoms with E-state index in [4.69, 9.17) is 4.99 Å². The van der Waals surface area contributed by atoms with Crippen molar-refractivity contribution in [1.29, 1.82) is 0 Å². The number of fused-ring (bicyclic) bond motifs is 2. The summed E-state index contributed by atoms with van der Waals surface area (Å²) in [7, 11) is 0. The van der Waals surface area contributed by atoms with Crippen LogP contribution in [0.2, 0.25) is 0 Å². The van der Waals surface area contributed by atoms with Gasteiger partial charge >= 0.3 is 0 Å². The smallest absolute Gasteiger partial charge is 0.150 e. The topological polar surface area (TPSA) is 47.2 Å². The van der Waals surface area contributed by atoms with Gasteiger partial charge in [0.1, 0.15) is 5.78 Å². The van der Waals surface area contributed by atoms with Gasteiger partial charge in [0.25, 0.3) is 0 Å². The summed E-state index contributed by atoms with van der Waals surface area (Å²) in [6, 6.07) is 7.90. The molecule has 1 fully saturated rings. The summed E-state index contributed by atoms with van der Waals surface area (Å²) < 4.78 is 3.86. The first-order valence-corrected chi connectivity index (χ1v) is 9.57. The third-order valence-electron chi connectivity index (χ3n) is 5.09. The average molecular weight is 451 g/mol. The van der Waals surface area contributed by atoms with E-state index in [-0.39, 0.29) is 23.2 Å². The Bertz CT molecular complexity index is 869. The second kappa shape index (κ2) is 5.63. The molecule has 1 aliphatic carbocycles. The Labute approximate surface area is 157 Å². The number of carbonyl (C=O) groups is 1. The van der Waals surface area contributed by atoms with Crippen LogP contribution in [0.3, 0.4) is 0 Å². The van der Waals surface area contributed by atoms with Crippen LogP contribution in [0.15, 0.2) is 44.4 Å². The predicted octanol–water partition coefficient (Wildman–Crippen LogP) is 5.09. The highest BCUT2D eigenvalue weighted by Crippen LogP contribution is 2.45. The number of ketones is 1. The molecule has 24 heavy (non-hydrogen) atoms. The molecule has 6 heteroatoms. The van der Waals surface area contributed by atoms with Crippen molar-refractivity contribution in [2.45, 2.75) is 32.7 Å². The molecule has 2 unspecified atom stereocenters. The Morgan fingerprint density at radius 2 is 2.00 bits per heavy atom. The number of hydrogen-bond donors (Lipinski definition) is 0. The number of hydrogen-bond acceptors (Lipinski definition) is 3. The average Bonchev–Trinajstić information content (AvgIpc) is 3.00. The quantitative estimate of drug-likeness (QED) is 0.607. The third-order valence-corrected chi connectivity index (χ3v) is 6.97. The normalized spacial score (nSPS) is 25.0. The van der Waals surface area contributed by atoms with E-state index in [0.717, 1.165) is 38.9 Å². The Hall–Kier alpha value is -1.27. The second-order valence-corrected chi connectivity index (χ2v) is 8.79. The van der Waals surface area contributed by atoms with Gasteiger partial charge in [0.15, 0.2) is 5.82 Å². The van der Waals surface area contributed by atoms with Crippen molar-refractivity contribution in [1.82, 2.24) is 9.78 Å². The van der Waals surface area contributed by atoms with Gasteiger partial charge < -0.3 is 0 Å². The zero-order chi connectivity index (χ0) is 17.1. The molecule has 2 aliphatic rings. The molecule has 0 amide bonds. The third kappa shape index (κ3) is 2.42. The van der Waals surface area contributed by atoms with E-state index in [0.29, 0.717) is 0 Å². The lowest BCUT2D eigenvalue weighted by Gasteiger charge is -2.41. The SMILES string of the molecule is CC1(C)CCC2=Nc3ccnn3C(c3ccc(Br)c(Br)c3)C2C1=O. The van der Waals surface area contributed by atoms with Gasteiger partial charge in [0.2, 0.25) is 0 Å². The molecule has 2 atom stereocenters. The number of nitrogens with zero attached hydrogens (tertiary/aromatic N) is 3. The number of Topliss-reactive ketones (excluding diaryl/α,β-unsaturated/α-hetero) is 1. The summed E-state index contributed by atoms with van der Waals surface area (Å²) in [6.07, 6.45) is 3.47. The first-order valence-electron chi connectivity index (χ1n) is 7.99. The summed E-state index contributed by atoms with van der Waals surface area (Å²) in [4.78, 5) is 17.9. The molecule has 0 spiro atoms. The molecule has 124 valence electrons. The molecular weight excluding hydrogens is 434 g/mol. The highest BCUT2D eigenvalue weighted by Gasteiger charge is 2.48. The second-order valence-electron chi connectivity index (χ2n) is 7.08. The minimum Gasteiger partial charge on any atom is -0.298 e. The number of halogens is 2. The van der Waals surface area contributed by atoms with Gasteiger partial charge in [0.05, 0.1) is 18.2 Å². The maximum absolute atomic E-state index is 13.2. The molecule has 0 saturated heterocycles. The lowest BCUT2D eigenvalue weighted by Crippen LogP contribution is -2.46. The molecule has 1 saturated carbocycles. The maximum atomic E-state index is 13.2. The molecule has 2 heterocycles. The molecule has 1 aliphatic heterocycles. The molecule has 1 aromatic heterocycles. The molecular formula is C18H17Br2N3O. The van der Waals surface area contributed by atoms with Crippen molar-refractivity contribution in [2.75, 3.05) is 0 Å². The Kier molecular flexibility index (Phi) is 3.80. The van der Waals surface area contributed by atoms with Crippen molar-refractivity contribution < 1.29 is 4.79 Å². The fourth-order valence-electron chi connectivity index (χ4n) is 3.67. The van der Waals surface area contributed by atoms with E-state index in [1.54, 1.807) is 6.20 Å². The van der Waals surface area contributed by atoms with Crippen LogP contribution in [0.5, 0.6) is 0 Å². The van der Waals surface area contributed by atoms with Gasteiger partial charge in [-0.05, 0) is 62.4 Å². The van der Waals surface area contributed by atoms with Gasteiger partial charge in [-0.25, -0.2) is 9.67 Å². The monoisotopic (exact) mass is 449 g/mol. The van der Waals surface area contributed by atoms with Crippen molar-refractivity contribution in [2.24, 2.45) is 16.3 Å². The van der Waals surface area contributed by atoms with Crippen LogP contribution in [0, 0.1) is 11.3 Å². The zero-order valence-corrected chi connectivity index (χ0v) is 16.6. The maximum Gasteiger partial charge on any atom is 0.150 e. The number of aliphatic imine (C=N–C) groups is 1. The molecule has 0 N–H and O–H groups in total. The lowest BCUT2D eigenvalue weighted by atomic mass is 9.66. The molecule has 1 aromatic carbocycles. The van der Waals surface area contributed by atoms with Crippen LogP contribution in [0.25, 0.3) is 0 Å². The highest BCUT2D eigenvalue weighted by atomic mass is 79.9. The summed E-state index contributed by atoms with van der Waals surface area (Å²) >= 11 is 7.09. The molecule has 0 radical (unpaired) electrons. The van der Waals surface area contributed by atoms with Crippen LogP contribution in [-0.2, 0) is 4.79 Å². The zero-order valence-electron chi connectivity index (χ0n) is 13.5. The minimum atomic E-state index is -0.320. The summed E-state index contributed by atoms with van der Waals surface area (Å²) in [5.74, 6) is 0.852. The highest BCUT2D eigenvalue weighted by molar-refractivity contribution is 9.13. The Balaban J connectivity index is 1.90. The standard InChI is InChI=1S/C18H17Br2N3O/c1-18(2)7-5-13-15(17(18)24)16(23-14(22-13)6-8-21-23)10-3-4-11(19)12(20)9-10/h3-4,6,8-9,15-16H,5,7H2,1-2H3. The van der Waals surface area contributed by atoms with Crippen molar-refractivity contribution in [3.8, 4) is 0 Å². The Morgan fingerprint density at radius 3 is 2.75 bits per heavy atom.